The Hall–Kier alpha value is -2.67. The molecule has 2 heterocycles. The van der Waals surface area contributed by atoms with E-state index in [2.05, 4.69) is 16.2 Å². The zero-order valence-corrected chi connectivity index (χ0v) is 14.9. The molecule has 0 aliphatic carbocycles. The van der Waals surface area contributed by atoms with Gasteiger partial charge in [0.1, 0.15) is 0 Å². The van der Waals surface area contributed by atoms with Crippen LogP contribution in [0.15, 0.2) is 24.3 Å². The van der Waals surface area contributed by atoms with E-state index in [4.69, 9.17) is 0 Å². The third-order valence-corrected chi connectivity index (χ3v) is 5.50. The molecule has 3 amide bonds. The minimum Gasteiger partial charge on any atom is -0.326 e. The smallest absolute Gasteiger partial charge is 0.279 e. The van der Waals surface area contributed by atoms with Crippen LogP contribution in [-0.4, -0.2) is 17.7 Å². The fourth-order valence-corrected chi connectivity index (χ4v) is 3.76. The molecule has 6 nitrogen and oxygen atoms in total. The van der Waals surface area contributed by atoms with E-state index < -0.39 is 5.91 Å². The molecule has 2 aromatic rings. The molecular weight excluding hydrogens is 338 g/mol. The molecule has 1 aliphatic heterocycles. The predicted octanol–water partition coefficient (Wildman–Crippen LogP) is 2.58. The van der Waals surface area contributed by atoms with Gasteiger partial charge in [0.15, 0.2) is 0 Å². The Bertz CT molecular complexity index is 857. The first kappa shape index (κ1) is 17.2. The monoisotopic (exact) mass is 357 g/mol. The lowest BCUT2D eigenvalue weighted by molar-refractivity contribution is -0.116. The Labute approximate surface area is 149 Å². The van der Waals surface area contributed by atoms with Crippen molar-refractivity contribution in [3.63, 3.8) is 0 Å². The molecule has 0 fully saturated rings. The molecule has 3 N–H and O–H groups in total. The van der Waals surface area contributed by atoms with Gasteiger partial charge in [-0.15, -0.1) is 11.3 Å². The second-order valence-electron chi connectivity index (χ2n) is 5.90. The van der Waals surface area contributed by atoms with Crippen LogP contribution in [-0.2, 0) is 17.6 Å². The summed E-state index contributed by atoms with van der Waals surface area (Å²) in [6.45, 7) is 4.01. The lowest BCUT2D eigenvalue weighted by atomic mass is 10.0. The fourth-order valence-electron chi connectivity index (χ4n) is 2.75. The summed E-state index contributed by atoms with van der Waals surface area (Å²) in [5.74, 6) is -0.738. The summed E-state index contributed by atoms with van der Waals surface area (Å²) < 4.78 is 0. The summed E-state index contributed by atoms with van der Waals surface area (Å²) in [7, 11) is 0. The Balaban J connectivity index is 1.64. The van der Waals surface area contributed by atoms with Crippen LogP contribution in [0.2, 0.25) is 0 Å². The molecule has 25 heavy (non-hydrogen) atoms. The summed E-state index contributed by atoms with van der Waals surface area (Å²) in [4.78, 5) is 37.5. The number of hydrazine groups is 1. The van der Waals surface area contributed by atoms with Gasteiger partial charge >= 0.3 is 0 Å². The van der Waals surface area contributed by atoms with Gasteiger partial charge in [0.05, 0.1) is 4.88 Å². The topological polar surface area (TPSA) is 87.3 Å². The van der Waals surface area contributed by atoms with Crippen molar-refractivity contribution in [2.24, 2.45) is 0 Å². The number of nitrogens with one attached hydrogen (secondary N) is 3. The van der Waals surface area contributed by atoms with E-state index in [0.29, 0.717) is 23.3 Å². The fraction of sp³-hybridized carbons (Fsp3) is 0.278. The van der Waals surface area contributed by atoms with Gasteiger partial charge < -0.3 is 5.32 Å². The number of hydrogen-bond donors (Lipinski definition) is 3. The first-order valence-electron chi connectivity index (χ1n) is 8.10. The van der Waals surface area contributed by atoms with Crippen molar-refractivity contribution in [3.05, 3.63) is 50.7 Å². The normalized spacial score (nSPS) is 13.0. The second kappa shape index (κ2) is 7.06. The standard InChI is InChI=1S/C18H19N3O3S/c1-3-14-10(2)8-15(25-14)18(24)21-20-17(23)12-4-6-13-11(9-12)5-7-16(22)19-13/h4,6,8-9H,3,5,7H2,1-2H3,(H,19,22)(H,20,23)(H,21,24). The number of carbonyl (C=O) groups excluding carboxylic acids is 3. The van der Waals surface area contributed by atoms with Crippen molar-refractivity contribution in [1.29, 1.82) is 0 Å². The minimum atomic E-state index is -0.392. The number of rotatable bonds is 3. The maximum absolute atomic E-state index is 12.2. The number of benzene rings is 1. The van der Waals surface area contributed by atoms with Gasteiger partial charge in [-0.25, -0.2) is 0 Å². The van der Waals surface area contributed by atoms with Crippen LogP contribution in [0.25, 0.3) is 0 Å². The lowest BCUT2D eigenvalue weighted by Gasteiger charge is -2.17. The molecule has 0 spiro atoms. The molecule has 1 aliphatic rings. The van der Waals surface area contributed by atoms with E-state index in [1.807, 2.05) is 19.9 Å². The zero-order valence-electron chi connectivity index (χ0n) is 14.1. The van der Waals surface area contributed by atoms with Gasteiger partial charge in [-0.05, 0) is 55.2 Å². The van der Waals surface area contributed by atoms with E-state index in [0.717, 1.165) is 28.1 Å². The van der Waals surface area contributed by atoms with Crippen LogP contribution in [0, 0.1) is 6.92 Å². The summed E-state index contributed by atoms with van der Waals surface area (Å²) >= 11 is 1.43. The number of amides is 3. The number of anilines is 1. The first-order valence-corrected chi connectivity index (χ1v) is 8.92. The van der Waals surface area contributed by atoms with Crippen LogP contribution in [0.1, 0.15) is 49.4 Å². The molecule has 0 atom stereocenters. The van der Waals surface area contributed by atoms with Crippen LogP contribution in [0.5, 0.6) is 0 Å². The van der Waals surface area contributed by atoms with Crippen molar-refractivity contribution >= 4 is 34.7 Å². The molecule has 130 valence electrons. The predicted molar refractivity (Wildman–Crippen MR) is 96.8 cm³/mol. The number of thiophene rings is 1. The molecule has 1 aromatic carbocycles. The molecule has 0 radical (unpaired) electrons. The van der Waals surface area contributed by atoms with Crippen LogP contribution < -0.4 is 16.2 Å². The minimum absolute atomic E-state index is 0.0188. The number of aryl methyl sites for hydroxylation is 3. The van der Waals surface area contributed by atoms with Gasteiger partial charge in [0.2, 0.25) is 5.91 Å². The average Bonchev–Trinajstić information content (AvgIpc) is 2.99. The third-order valence-electron chi connectivity index (χ3n) is 4.12. The SMILES string of the molecule is CCc1sc(C(=O)NNC(=O)c2ccc3c(c2)CCC(=O)N3)cc1C. The van der Waals surface area contributed by atoms with Crippen molar-refractivity contribution < 1.29 is 14.4 Å². The number of fused-ring (bicyclic) bond motifs is 1. The van der Waals surface area contributed by atoms with Gasteiger partial charge in [-0.3, -0.25) is 25.2 Å². The van der Waals surface area contributed by atoms with Gasteiger partial charge in [0.25, 0.3) is 11.8 Å². The maximum atomic E-state index is 12.2. The molecule has 0 unspecified atom stereocenters. The van der Waals surface area contributed by atoms with Crippen molar-refractivity contribution in [3.8, 4) is 0 Å². The Morgan fingerprint density at radius 1 is 1.16 bits per heavy atom. The zero-order chi connectivity index (χ0) is 18.0. The van der Waals surface area contributed by atoms with Gasteiger partial charge in [-0.2, -0.15) is 0 Å². The highest BCUT2D eigenvalue weighted by Gasteiger charge is 2.17. The molecule has 7 heteroatoms. The Kier molecular flexibility index (Phi) is 4.85. The number of hydrogen-bond acceptors (Lipinski definition) is 4. The molecule has 0 saturated carbocycles. The van der Waals surface area contributed by atoms with Crippen LogP contribution in [0.4, 0.5) is 5.69 Å². The van der Waals surface area contributed by atoms with Crippen molar-refractivity contribution in [1.82, 2.24) is 10.9 Å². The summed E-state index contributed by atoms with van der Waals surface area (Å²) in [6, 6.07) is 6.89. The number of carbonyl (C=O) groups is 3. The summed E-state index contributed by atoms with van der Waals surface area (Å²) in [5, 5.41) is 2.77. The van der Waals surface area contributed by atoms with E-state index in [9.17, 15) is 14.4 Å². The van der Waals surface area contributed by atoms with Crippen molar-refractivity contribution in [2.75, 3.05) is 5.32 Å². The first-order chi connectivity index (χ1) is 12.0. The highest BCUT2D eigenvalue weighted by Crippen LogP contribution is 2.24. The molecule has 3 rings (SSSR count). The lowest BCUT2D eigenvalue weighted by Crippen LogP contribution is -2.41. The summed E-state index contributed by atoms with van der Waals surface area (Å²) in [5.41, 5.74) is 8.06. The van der Waals surface area contributed by atoms with E-state index >= 15 is 0 Å². The molecule has 1 aromatic heterocycles. The largest absolute Gasteiger partial charge is 0.326 e. The molecule has 0 saturated heterocycles. The summed E-state index contributed by atoms with van der Waals surface area (Å²) in [6.07, 6.45) is 1.89. The Morgan fingerprint density at radius 3 is 2.64 bits per heavy atom. The van der Waals surface area contributed by atoms with E-state index in [1.54, 1.807) is 18.2 Å². The average molecular weight is 357 g/mol. The van der Waals surface area contributed by atoms with Gasteiger partial charge in [-0.1, -0.05) is 6.92 Å². The van der Waals surface area contributed by atoms with E-state index in [1.165, 1.54) is 11.3 Å². The van der Waals surface area contributed by atoms with Crippen LogP contribution in [0.3, 0.4) is 0 Å². The maximum Gasteiger partial charge on any atom is 0.279 e. The highest BCUT2D eigenvalue weighted by atomic mass is 32.1. The van der Waals surface area contributed by atoms with Crippen molar-refractivity contribution in [2.45, 2.75) is 33.1 Å². The van der Waals surface area contributed by atoms with Crippen LogP contribution >= 0.6 is 11.3 Å². The third kappa shape index (κ3) is 3.71. The highest BCUT2D eigenvalue weighted by molar-refractivity contribution is 7.14. The quantitative estimate of drug-likeness (QED) is 0.738. The molecular formula is C18H19N3O3S. The van der Waals surface area contributed by atoms with E-state index in [-0.39, 0.29) is 11.8 Å². The van der Waals surface area contributed by atoms with Gasteiger partial charge in [0, 0.05) is 22.5 Å². The molecule has 0 bridgehead atoms. The Morgan fingerprint density at radius 2 is 1.92 bits per heavy atom. The second-order valence-corrected chi connectivity index (χ2v) is 7.04.